The van der Waals surface area contributed by atoms with E-state index in [2.05, 4.69) is 38.8 Å². The van der Waals surface area contributed by atoms with Gasteiger partial charge in [0.2, 0.25) is 0 Å². The normalized spacial score (nSPS) is 26.0. The third-order valence-corrected chi connectivity index (χ3v) is 5.06. The van der Waals surface area contributed by atoms with Crippen molar-refractivity contribution in [3.8, 4) is 0 Å². The number of hydrogen-bond acceptors (Lipinski definition) is 1. The Bertz CT molecular complexity index is 377. The Morgan fingerprint density at radius 1 is 1.11 bits per heavy atom. The SMILES string of the molecule is CCC1CCC(C(O)c2cc(Br)cc(Br)c2)CC1. The monoisotopic (exact) mass is 374 g/mol. The van der Waals surface area contributed by atoms with E-state index in [9.17, 15) is 5.11 Å². The molecule has 1 fully saturated rings. The summed E-state index contributed by atoms with van der Waals surface area (Å²) in [5, 5.41) is 10.5. The molecule has 2 rings (SSSR count). The lowest BCUT2D eigenvalue weighted by atomic mass is 9.77. The second-order valence-electron chi connectivity index (χ2n) is 5.34. The molecule has 1 N–H and O–H groups in total. The van der Waals surface area contributed by atoms with Crippen molar-refractivity contribution >= 4 is 31.9 Å². The molecule has 1 aromatic rings. The smallest absolute Gasteiger partial charge is 0.0818 e. The number of halogens is 2. The van der Waals surface area contributed by atoms with Crippen LogP contribution in [0, 0.1) is 11.8 Å². The predicted octanol–water partition coefficient (Wildman–Crippen LogP) is 5.46. The van der Waals surface area contributed by atoms with Crippen molar-refractivity contribution < 1.29 is 5.11 Å². The first-order chi connectivity index (χ1) is 8.60. The first kappa shape index (κ1) is 14.5. The molecule has 0 aromatic heterocycles. The Labute approximate surface area is 126 Å². The summed E-state index contributed by atoms with van der Waals surface area (Å²) in [5.41, 5.74) is 1.02. The maximum Gasteiger partial charge on any atom is 0.0818 e. The molecule has 1 aliphatic carbocycles. The fourth-order valence-corrected chi connectivity index (χ4v) is 4.26. The summed E-state index contributed by atoms with van der Waals surface area (Å²) in [6, 6.07) is 6.06. The molecule has 1 aromatic carbocycles. The van der Waals surface area contributed by atoms with Gasteiger partial charge in [0, 0.05) is 8.95 Å². The molecule has 0 amide bonds. The predicted molar refractivity (Wildman–Crippen MR) is 82.5 cm³/mol. The zero-order chi connectivity index (χ0) is 13.1. The molecule has 0 aliphatic heterocycles. The molecule has 0 radical (unpaired) electrons. The summed E-state index contributed by atoms with van der Waals surface area (Å²) in [5.74, 6) is 1.30. The molecule has 1 nitrogen and oxygen atoms in total. The largest absolute Gasteiger partial charge is 0.388 e. The van der Waals surface area contributed by atoms with Crippen molar-refractivity contribution in [1.29, 1.82) is 0 Å². The minimum Gasteiger partial charge on any atom is -0.388 e. The standard InChI is InChI=1S/C15H20Br2O/c1-2-10-3-5-11(6-4-10)15(18)12-7-13(16)9-14(17)8-12/h7-11,15,18H,2-6H2,1H3. The lowest BCUT2D eigenvalue weighted by molar-refractivity contribution is 0.0728. The van der Waals surface area contributed by atoms with E-state index in [1.807, 2.05) is 18.2 Å². The van der Waals surface area contributed by atoms with Crippen molar-refractivity contribution in [1.82, 2.24) is 0 Å². The molecule has 0 bridgehead atoms. The third-order valence-electron chi connectivity index (χ3n) is 4.14. The van der Waals surface area contributed by atoms with Crippen LogP contribution in [0.1, 0.15) is 50.7 Å². The van der Waals surface area contributed by atoms with Gasteiger partial charge in [-0.25, -0.2) is 0 Å². The Morgan fingerprint density at radius 2 is 1.67 bits per heavy atom. The average Bonchev–Trinajstić information content (AvgIpc) is 2.37. The zero-order valence-electron chi connectivity index (χ0n) is 10.7. The van der Waals surface area contributed by atoms with Gasteiger partial charge >= 0.3 is 0 Å². The van der Waals surface area contributed by atoms with E-state index in [1.54, 1.807) is 0 Å². The summed E-state index contributed by atoms with van der Waals surface area (Å²) >= 11 is 6.97. The van der Waals surface area contributed by atoms with E-state index in [4.69, 9.17) is 0 Å². The van der Waals surface area contributed by atoms with Crippen LogP contribution in [-0.2, 0) is 0 Å². The number of rotatable bonds is 3. The molecule has 1 unspecified atom stereocenters. The maximum atomic E-state index is 10.5. The van der Waals surface area contributed by atoms with E-state index in [0.29, 0.717) is 5.92 Å². The topological polar surface area (TPSA) is 20.2 Å². The Kier molecular flexibility index (Phi) is 5.28. The molecule has 100 valence electrons. The van der Waals surface area contributed by atoms with Crippen LogP contribution in [0.4, 0.5) is 0 Å². The fourth-order valence-electron chi connectivity index (χ4n) is 2.93. The molecule has 1 aliphatic rings. The highest BCUT2D eigenvalue weighted by atomic mass is 79.9. The number of aliphatic hydroxyl groups is 1. The van der Waals surface area contributed by atoms with Crippen LogP contribution in [0.3, 0.4) is 0 Å². The van der Waals surface area contributed by atoms with Gasteiger partial charge in [0.1, 0.15) is 0 Å². The zero-order valence-corrected chi connectivity index (χ0v) is 13.9. The van der Waals surface area contributed by atoms with Crippen LogP contribution in [-0.4, -0.2) is 5.11 Å². The first-order valence-corrected chi connectivity index (χ1v) is 8.32. The van der Waals surface area contributed by atoms with E-state index in [-0.39, 0.29) is 6.10 Å². The first-order valence-electron chi connectivity index (χ1n) is 6.74. The molecule has 0 spiro atoms. The lowest BCUT2D eigenvalue weighted by Gasteiger charge is -2.31. The number of benzene rings is 1. The molecule has 18 heavy (non-hydrogen) atoms. The van der Waals surface area contributed by atoms with E-state index >= 15 is 0 Å². The van der Waals surface area contributed by atoms with Crippen molar-refractivity contribution in [3.05, 3.63) is 32.7 Å². The maximum absolute atomic E-state index is 10.5. The Morgan fingerprint density at radius 3 is 2.17 bits per heavy atom. The highest BCUT2D eigenvalue weighted by molar-refractivity contribution is 9.11. The van der Waals surface area contributed by atoms with Crippen molar-refractivity contribution in [2.45, 2.75) is 45.1 Å². The minimum absolute atomic E-state index is 0.323. The van der Waals surface area contributed by atoms with Crippen LogP contribution >= 0.6 is 31.9 Å². The van der Waals surface area contributed by atoms with Crippen molar-refractivity contribution in [3.63, 3.8) is 0 Å². The molecule has 1 saturated carbocycles. The minimum atomic E-state index is -0.323. The van der Waals surface area contributed by atoms with Gasteiger partial charge in [0.25, 0.3) is 0 Å². The van der Waals surface area contributed by atoms with Crippen molar-refractivity contribution in [2.75, 3.05) is 0 Å². The molecule has 0 saturated heterocycles. The Hall–Kier alpha value is 0.140. The van der Waals surface area contributed by atoms with Gasteiger partial charge in [-0.2, -0.15) is 0 Å². The molecule has 0 heterocycles. The average molecular weight is 376 g/mol. The molecular formula is C15H20Br2O. The number of hydrogen-bond donors (Lipinski definition) is 1. The summed E-state index contributed by atoms with van der Waals surface area (Å²) in [6.45, 7) is 2.27. The summed E-state index contributed by atoms with van der Waals surface area (Å²) < 4.78 is 2.04. The number of aliphatic hydroxyl groups excluding tert-OH is 1. The van der Waals surface area contributed by atoms with E-state index in [1.165, 1.54) is 19.3 Å². The van der Waals surface area contributed by atoms with Crippen LogP contribution in [0.25, 0.3) is 0 Å². The second kappa shape index (κ2) is 6.53. The highest BCUT2D eigenvalue weighted by Gasteiger charge is 2.26. The summed E-state index contributed by atoms with van der Waals surface area (Å²) in [4.78, 5) is 0. The van der Waals surface area contributed by atoms with Crippen LogP contribution in [0.2, 0.25) is 0 Å². The van der Waals surface area contributed by atoms with Gasteiger partial charge < -0.3 is 5.11 Å². The lowest BCUT2D eigenvalue weighted by Crippen LogP contribution is -2.20. The third kappa shape index (κ3) is 3.58. The quantitative estimate of drug-likeness (QED) is 0.743. The van der Waals surface area contributed by atoms with Gasteiger partial charge in [-0.15, -0.1) is 0 Å². The van der Waals surface area contributed by atoms with Crippen molar-refractivity contribution in [2.24, 2.45) is 11.8 Å². The molecule has 3 heteroatoms. The van der Waals surface area contributed by atoms with Gasteiger partial charge in [0.15, 0.2) is 0 Å². The molecular weight excluding hydrogens is 356 g/mol. The van der Waals surface area contributed by atoms with Crippen LogP contribution in [0.15, 0.2) is 27.1 Å². The van der Waals surface area contributed by atoms with Gasteiger partial charge in [-0.05, 0) is 48.4 Å². The highest BCUT2D eigenvalue weighted by Crippen LogP contribution is 2.38. The van der Waals surface area contributed by atoms with Gasteiger partial charge in [0.05, 0.1) is 6.10 Å². The van der Waals surface area contributed by atoms with Crippen LogP contribution in [0.5, 0.6) is 0 Å². The Balaban J connectivity index is 2.05. The summed E-state index contributed by atoms with van der Waals surface area (Å²) in [6.07, 6.45) is 5.82. The van der Waals surface area contributed by atoms with E-state index < -0.39 is 0 Å². The molecule has 1 atom stereocenters. The summed E-state index contributed by atoms with van der Waals surface area (Å²) in [7, 11) is 0. The van der Waals surface area contributed by atoms with Gasteiger partial charge in [-0.1, -0.05) is 58.0 Å². The van der Waals surface area contributed by atoms with E-state index in [0.717, 1.165) is 33.3 Å². The fraction of sp³-hybridized carbons (Fsp3) is 0.600. The van der Waals surface area contributed by atoms with Gasteiger partial charge in [-0.3, -0.25) is 0 Å². The second-order valence-corrected chi connectivity index (χ2v) is 7.17. The van der Waals surface area contributed by atoms with Crippen LogP contribution < -0.4 is 0 Å².